The summed E-state index contributed by atoms with van der Waals surface area (Å²) in [7, 11) is 0. The molecule has 1 saturated heterocycles. The van der Waals surface area contributed by atoms with Crippen LogP contribution in [0.25, 0.3) is 0 Å². The maximum absolute atomic E-state index is 9.05. The lowest BCUT2D eigenvalue weighted by Crippen LogP contribution is -2.49. The largest absolute Gasteiger partial charge is 0.396 e. The molecular formula is C14H27NO2S. The van der Waals surface area contributed by atoms with Crippen LogP contribution in [0.5, 0.6) is 0 Å². The van der Waals surface area contributed by atoms with Gasteiger partial charge in [0.05, 0.1) is 0 Å². The molecule has 18 heavy (non-hydrogen) atoms. The van der Waals surface area contributed by atoms with Crippen molar-refractivity contribution in [2.24, 2.45) is 5.41 Å². The Morgan fingerprint density at radius 2 is 2.00 bits per heavy atom. The van der Waals surface area contributed by atoms with E-state index in [2.05, 4.69) is 17.5 Å². The van der Waals surface area contributed by atoms with E-state index in [0.29, 0.717) is 12.0 Å². The third kappa shape index (κ3) is 3.62. The van der Waals surface area contributed by atoms with E-state index in [-0.39, 0.29) is 0 Å². The topological polar surface area (TPSA) is 32.7 Å². The molecule has 2 aliphatic rings. The van der Waals surface area contributed by atoms with E-state index in [4.69, 9.17) is 9.84 Å². The van der Waals surface area contributed by atoms with E-state index in [1.54, 1.807) is 0 Å². The Morgan fingerprint density at radius 1 is 1.28 bits per heavy atom. The molecule has 0 amide bonds. The quantitative estimate of drug-likeness (QED) is 0.696. The number of nitrogens with zero attached hydrogens (tertiary/aromatic N) is 1. The van der Waals surface area contributed by atoms with Crippen molar-refractivity contribution < 1.29 is 9.84 Å². The molecule has 1 aliphatic heterocycles. The normalized spacial score (nSPS) is 24.2. The molecule has 2 rings (SSSR count). The average molecular weight is 273 g/mol. The SMILES string of the molecule is OCCCN(CC1(CS)CCOCC1)C1CCC1. The van der Waals surface area contributed by atoms with Gasteiger partial charge in [-0.05, 0) is 43.3 Å². The summed E-state index contributed by atoms with van der Waals surface area (Å²) in [6, 6.07) is 0.760. The third-order valence-electron chi connectivity index (χ3n) is 4.62. The molecule has 3 nitrogen and oxygen atoms in total. The highest BCUT2D eigenvalue weighted by Crippen LogP contribution is 2.35. The number of ether oxygens (including phenoxy) is 1. The first-order chi connectivity index (χ1) is 8.79. The van der Waals surface area contributed by atoms with Crippen LogP contribution in [0.2, 0.25) is 0 Å². The molecular weight excluding hydrogens is 246 g/mol. The van der Waals surface area contributed by atoms with Crippen molar-refractivity contribution in [1.29, 1.82) is 0 Å². The van der Waals surface area contributed by atoms with E-state index in [1.807, 2.05) is 0 Å². The second-order valence-electron chi connectivity index (χ2n) is 5.90. The highest BCUT2D eigenvalue weighted by atomic mass is 32.1. The summed E-state index contributed by atoms with van der Waals surface area (Å²) in [5.41, 5.74) is 0.340. The van der Waals surface area contributed by atoms with Gasteiger partial charge in [0.1, 0.15) is 0 Å². The maximum atomic E-state index is 9.05. The van der Waals surface area contributed by atoms with Crippen molar-refractivity contribution in [3.63, 3.8) is 0 Å². The molecule has 0 unspecified atom stereocenters. The molecule has 1 N–H and O–H groups in total. The fourth-order valence-corrected chi connectivity index (χ4v) is 3.43. The Kier molecular flexibility index (Phi) is 5.80. The van der Waals surface area contributed by atoms with E-state index in [1.165, 1.54) is 19.3 Å². The molecule has 0 aromatic carbocycles. The molecule has 0 aromatic rings. The van der Waals surface area contributed by atoms with Crippen molar-refractivity contribution in [3.8, 4) is 0 Å². The summed E-state index contributed by atoms with van der Waals surface area (Å²) in [5.74, 6) is 0.957. The Balaban J connectivity index is 1.91. The average Bonchev–Trinajstić information content (AvgIpc) is 2.35. The molecule has 1 aliphatic carbocycles. The Bertz CT molecular complexity index is 240. The third-order valence-corrected chi connectivity index (χ3v) is 5.29. The van der Waals surface area contributed by atoms with Gasteiger partial charge in [0.15, 0.2) is 0 Å². The Hall–Kier alpha value is 0.230. The number of aliphatic hydroxyl groups is 1. The van der Waals surface area contributed by atoms with E-state index in [0.717, 1.165) is 57.4 Å². The van der Waals surface area contributed by atoms with Crippen molar-refractivity contribution >= 4 is 12.6 Å². The van der Waals surface area contributed by atoms with Gasteiger partial charge in [-0.25, -0.2) is 0 Å². The fraction of sp³-hybridized carbons (Fsp3) is 1.00. The van der Waals surface area contributed by atoms with Crippen LogP contribution in [0, 0.1) is 5.41 Å². The van der Waals surface area contributed by atoms with Gasteiger partial charge in [0.2, 0.25) is 0 Å². The first-order valence-corrected chi connectivity index (χ1v) is 7.96. The zero-order chi connectivity index (χ0) is 12.8. The van der Waals surface area contributed by atoms with Gasteiger partial charge in [0, 0.05) is 39.0 Å². The number of rotatable bonds is 7. The van der Waals surface area contributed by atoms with E-state index < -0.39 is 0 Å². The molecule has 0 atom stereocenters. The van der Waals surface area contributed by atoms with Crippen LogP contribution in [0.15, 0.2) is 0 Å². The fourth-order valence-electron chi connectivity index (χ4n) is 3.02. The standard InChI is InChI=1S/C14H27NO2S/c16-8-2-7-15(13-3-1-4-13)11-14(12-18)5-9-17-10-6-14/h13,16,18H,1-12H2. The van der Waals surface area contributed by atoms with Crippen LogP contribution in [-0.2, 0) is 4.74 Å². The van der Waals surface area contributed by atoms with Crippen molar-refractivity contribution in [2.75, 3.05) is 38.7 Å². The summed E-state index contributed by atoms with van der Waals surface area (Å²) in [6.07, 6.45) is 7.22. The van der Waals surface area contributed by atoms with Gasteiger partial charge in [-0.15, -0.1) is 0 Å². The van der Waals surface area contributed by atoms with Crippen molar-refractivity contribution in [1.82, 2.24) is 4.90 Å². The second kappa shape index (κ2) is 7.13. The highest BCUT2D eigenvalue weighted by Gasteiger charge is 2.36. The minimum atomic E-state index is 0.306. The molecule has 0 bridgehead atoms. The molecule has 0 spiro atoms. The van der Waals surface area contributed by atoms with Gasteiger partial charge in [0.25, 0.3) is 0 Å². The predicted octanol–water partition coefficient (Wildman–Crippen LogP) is 1.95. The van der Waals surface area contributed by atoms with Crippen molar-refractivity contribution in [3.05, 3.63) is 0 Å². The van der Waals surface area contributed by atoms with Gasteiger partial charge in [-0.1, -0.05) is 6.42 Å². The van der Waals surface area contributed by atoms with Crippen LogP contribution in [0.1, 0.15) is 38.5 Å². The minimum Gasteiger partial charge on any atom is -0.396 e. The molecule has 1 heterocycles. The van der Waals surface area contributed by atoms with Crippen LogP contribution in [0.4, 0.5) is 0 Å². The molecule has 0 aromatic heterocycles. The Morgan fingerprint density at radius 3 is 2.50 bits per heavy atom. The number of thiol groups is 1. The molecule has 4 heteroatoms. The lowest BCUT2D eigenvalue weighted by molar-refractivity contribution is -0.00977. The smallest absolute Gasteiger partial charge is 0.0472 e. The lowest BCUT2D eigenvalue weighted by Gasteiger charge is -2.45. The predicted molar refractivity (Wildman–Crippen MR) is 77.3 cm³/mol. The van der Waals surface area contributed by atoms with Gasteiger partial charge < -0.3 is 9.84 Å². The van der Waals surface area contributed by atoms with E-state index in [9.17, 15) is 0 Å². The summed E-state index contributed by atoms with van der Waals surface area (Å²) in [4.78, 5) is 2.61. The van der Waals surface area contributed by atoms with Crippen LogP contribution in [0.3, 0.4) is 0 Å². The summed E-state index contributed by atoms with van der Waals surface area (Å²) in [6.45, 7) is 4.26. The Labute approximate surface area is 116 Å². The van der Waals surface area contributed by atoms with Gasteiger partial charge in [-0.3, -0.25) is 4.90 Å². The molecule has 2 fully saturated rings. The minimum absolute atomic E-state index is 0.306. The molecule has 0 radical (unpaired) electrons. The zero-order valence-electron chi connectivity index (χ0n) is 11.3. The van der Waals surface area contributed by atoms with Crippen LogP contribution < -0.4 is 0 Å². The van der Waals surface area contributed by atoms with Crippen molar-refractivity contribution in [2.45, 2.75) is 44.6 Å². The number of hydrogen-bond acceptors (Lipinski definition) is 4. The number of aliphatic hydroxyl groups excluding tert-OH is 1. The first kappa shape index (κ1) is 14.6. The summed E-state index contributed by atoms with van der Waals surface area (Å²) >= 11 is 4.60. The maximum Gasteiger partial charge on any atom is 0.0472 e. The van der Waals surface area contributed by atoms with Crippen LogP contribution in [-0.4, -0.2) is 54.7 Å². The van der Waals surface area contributed by atoms with Gasteiger partial charge >= 0.3 is 0 Å². The van der Waals surface area contributed by atoms with Gasteiger partial charge in [-0.2, -0.15) is 12.6 Å². The monoisotopic (exact) mass is 273 g/mol. The lowest BCUT2D eigenvalue weighted by atomic mass is 9.80. The second-order valence-corrected chi connectivity index (χ2v) is 6.22. The number of hydrogen-bond donors (Lipinski definition) is 2. The first-order valence-electron chi connectivity index (χ1n) is 7.33. The summed E-state index contributed by atoms with van der Waals surface area (Å²) < 4.78 is 5.50. The molecule has 1 saturated carbocycles. The highest BCUT2D eigenvalue weighted by molar-refractivity contribution is 7.80. The molecule has 106 valence electrons. The summed E-state index contributed by atoms with van der Waals surface area (Å²) in [5, 5.41) is 9.05. The zero-order valence-corrected chi connectivity index (χ0v) is 12.2. The van der Waals surface area contributed by atoms with E-state index >= 15 is 0 Å². The van der Waals surface area contributed by atoms with Crippen LogP contribution >= 0.6 is 12.6 Å².